The maximum Gasteiger partial charge on any atom is 0.257 e. The number of aromatic carboxylic acids is 1. The zero-order valence-corrected chi connectivity index (χ0v) is 18.4. The molecule has 166 valence electrons. The number of carboxylic acid groups (broad SMARTS) is 1. The number of anilines is 1. The lowest BCUT2D eigenvalue weighted by Gasteiger charge is -2.15. The maximum atomic E-state index is 12.5. The number of rotatable bonds is 9. The number of carbonyl (C=O) groups is 2. The van der Waals surface area contributed by atoms with Crippen molar-refractivity contribution >= 4 is 40.8 Å². The summed E-state index contributed by atoms with van der Waals surface area (Å²) in [5.41, 5.74) is -0.0561. The Balaban J connectivity index is 1.65. The Morgan fingerprint density at radius 3 is 2.31 bits per heavy atom. The summed E-state index contributed by atoms with van der Waals surface area (Å²) in [6, 6.07) is 15.7. The second-order valence-corrected chi connectivity index (χ2v) is 7.26. The molecule has 0 bridgehead atoms. The molecule has 0 aromatic heterocycles. The zero-order valence-electron chi connectivity index (χ0n) is 16.9. The third-order valence-corrected chi connectivity index (χ3v) is 4.86. The molecule has 32 heavy (non-hydrogen) atoms. The number of carbonyl (C=O) groups excluding carboxylic acids is 2. The SMILES string of the molecule is COc1ccccc1OCCOc1ccc(NC(=O)c2ccc(Cl)cc2Cl)c(C(=O)[O-])c1. The van der Waals surface area contributed by atoms with E-state index in [0.29, 0.717) is 16.5 Å². The molecule has 3 rings (SSSR count). The molecular formula is C23H18Cl2NO6-. The summed E-state index contributed by atoms with van der Waals surface area (Å²) in [4.78, 5) is 24.1. The van der Waals surface area contributed by atoms with E-state index in [0.717, 1.165) is 0 Å². The minimum atomic E-state index is -1.47. The normalized spacial score (nSPS) is 10.3. The van der Waals surface area contributed by atoms with Gasteiger partial charge in [0.2, 0.25) is 0 Å². The van der Waals surface area contributed by atoms with Crippen molar-refractivity contribution < 1.29 is 28.9 Å². The molecule has 0 saturated carbocycles. The van der Waals surface area contributed by atoms with E-state index in [-0.39, 0.29) is 40.8 Å². The van der Waals surface area contributed by atoms with Gasteiger partial charge in [0.25, 0.3) is 5.91 Å². The van der Waals surface area contributed by atoms with Gasteiger partial charge in [-0.25, -0.2) is 0 Å². The first-order chi connectivity index (χ1) is 15.4. The monoisotopic (exact) mass is 474 g/mol. The fraction of sp³-hybridized carbons (Fsp3) is 0.130. The van der Waals surface area contributed by atoms with E-state index < -0.39 is 11.9 Å². The highest BCUT2D eigenvalue weighted by Gasteiger charge is 2.14. The molecule has 0 aliphatic heterocycles. The van der Waals surface area contributed by atoms with E-state index in [9.17, 15) is 14.7 Å². The summed E-state index contributed by atoms with van der Waals surface area (Å²) >= 11 is 11.9. The van der Waals surface area contributed by atoms with Crippen molar-refractivity contribution in [3.8, 4) is 17.2 Å². The standard InChI is InChI=1S/C23H19Cl2NO6/c1-30-20-4-2-3-5-21(20)32-11-10-31-15-7-9-19(17(13-15)23(28)29)26-22(27)16-8-6-14(24)12-18(16)25/h2-9,12-13H,10-11H2,1H3,(H,26,27)(H,28,29)/p-1. The number of para-hydroxylation sites is 2. The van der Waals surface area contributed by atoms with Gasteiger partial charge in [-0.3, -0.25) is 4.79 Å². The minimum absolute atomic E-state index is 0.0404. The molecule has 0 unspecified atom stereocenters. The number of methoxy groups -OCH3 is 1. The minimum Gasteiger partial charge on any atom is -0.545 e. The first kappa shape index (κ1) is 23.2. The molecule has 0 heterocycles. The number of nitrogens with one attached hydrogen (secondary N) is 1. The van der Waals surface area contributed by atoms with Gasteiger partial charge < -0.3 is 29.4 Å². The summed E-state index contributed by atoms with van der Waals surface area (Å²) in [6.45, 7) is 0.352. The number of benzene rings is 3. The van der Waals surface area contributed by atoms with Crippen LogP contribution in [0.3, 0.4) is 0 Å². The highest BCUT2D eigenvalue weighted by Crippen LogP contribution is 2.27. The second kappa shape index (κ2) is 10.7. The number of carboxylic acids is 1. The van der Waals surface area contributed by atoms with Crippen LogP contribution in [0.1, 0.15) is 20.7 Å². The molecular weight excluding hydrogens is 457 g/mol. The third kappa shape index (κ3) is 5.84. The number of halogens is 2. The molecule has 0 radical (unpaired) electrons. The average Bonchev–Trinajstić information content (AvgIpc) is 2.77. The van der Waals surface area contributed by atoms with E-state index in [1.165, 1.54) is 36.4 Å². The highest BCUT2D eigenvalue weighted by atomic mass is 35.5. The average molecular weight is 475 g/mol. The Labute approximate surface area is 194 Å². The second-order valence-electron chi connectivity index (χ2n) is 6.42. The van der Waals surface area contributed by atoms with Crippen LogP contribution in [0.25, 0.3) is 0 Å². The van der Waals surface area contributed by atoms with Gasteiger partial charge in [-0.2, -0.15) is 0 Å². The topological polar surface area (TPSA) is 96.9 Å². The van der Waals surface area contributed by atoms with E-state index in [1.807, 2.05) is 12.1 Å². The van der Waals surface area contributed by atoms with Crippen LogP contribution in [0.4, 0.5) is 5.69 Å². The Morgan fingerprint density at radius 1 is 0.906 bits per heavy atom. The maximum absolute atomic E-state index is 12.5. The first-order valence-electron chi connectivity index (χ1n) is 9.39. The molecule has 7 nitrogen and oxygen atoms in total. The van der Waals surface area contributed by atoms with E-state index in [4.69, 9.17) is 37.4 Å². The molecule has 9 heteroatoms. The molecule has 0 saturated heterocycles. The van der Waals surface area contributed by atoms with E-state index in [1.54, 1.807) is 19.2 Å². The fourth-order valence-electron chi connectivity index (χ4n) is 2.80. The fourth-order valence-corrected chi connectivity index (χ4v) is 3.30. The van der Waals surface area contributed by atoms with Gasteiger partial charge >= 0.3 is 0 Å². The molecule has 0 atom stereocenters. The van der Waals surface area contributed by atoms with Gasteiger partial charge in [0.05, 0.1) is 29.4 Å². The lowest BCUT2D eigenvalue weighted by Crippen LogP contribution is -2.25. The predicted molar refractivity (Wildman–Crippen MR) is 119 cm³/mol. The predicted octanol–water partition coefficient (Wildman–Crippen LogP) is 4.08. The quantitative estimate of drug-likeness (QED) is 0.469. The van der Waals surface area contributed by atoms with Crippen molar-refractivity contribution in [3.05, 3.63) is 81.8 Å². The van der Waals surface area contributed by atoms with Gasteiger partial charge in [-0.15, -0.1) is 0 Å². The molecule has 3 aromatic rings. The molecule has 3 aromatic carbocycles. The van der Waals surface area contributed by atoms with E-state index >= 15 is 0 Å². The van der Waals surface area contributed by atoms with Crippen LogP contribution in [0.2, 0.25) is 10.0 Å². The van der Waals surface area contributed by atoms with Gasteiger partial charge in [0, 0.05) is 10.6 Å². The van der Waals surface area contributed by atoms with Crippen LogP contribution in [0.15, 0.2) is 60.7 Å². The highest BCUT2D eigenvalue weighted by molar-refractivity contribution is 6.37. The largest absolute Gasteiger partial charge is 0.545 e. The summed E-state index contributed by atoms with van der Waals surface area (Å²) in [7, 11) is 1.54. The summed E-state index contributed by atoms with van der Waals surface area (Å²) in [5.74, 6) is -0.637. The van der Waals surface area contributed by atoms with E-state index in [2.05, 4.69) is 5.32 Å². The summed E-state index contributed by atoms with van der Waals surface area (Å²) in [6.07, 6.45) is 0. The Morgan fingerprint density at radius 2 is 1.62 bits per heavy atom. The third-order valence-electron chi connectivity index (χ3n) is 4.31. The Hall–Kier alpha value is -3.42. The summed E-state index contributed by atoms with van der Waals surface area (Å²) < 4.78 is 16.4. The van der Waals surface area contributed by atoms with Crippen LogP contribution < -0.4 is 24.6 Å². The van der Waals surface area contributed by atoms with Crippen molar-refractivity contribution in [3.63, 3.8) is 0 Å². The van der Waals surface area contributed by atoms with Gasteiger partial charge in [-0.1, -0.05) is 35.3 Å². The van der Waals surface area contributed by atoms with Gasteiger partial charge in [0.15, 0.2) is 11.5 Å². The molecule has 0 aliphatic carbocycles. The lowest BCUT2D eigenvalue weighted by atomic mass is 10.1. The Kier molecular flexibility index (Phi) is 7.81. The van der Waals surface area contributed by atoms with Crippen LogP contribution in [-0.4, -0.2) is 32.2 Å². The molecule has 0 aliphatic rings. The van der Waals surface area contributed by atoms with Gasteiger partial charge in [0.1, 0.15) is 19.0 Å². The Bertz CT molecular complexity index is 1140. The number of amides is 1. The first-order valence-corrected chi connectivity index (χ1v) is 10.1. The van der Waals surface area contributed by atoms with Crippen molar-refractivity contribution in [2.75, 3.05) is 25.6 Å². The van der Waals surface area contributed by atoms with Gasteiger partial charge in [-0.05, 0) is 48.5 Å². The van der Waals surface area contributed by atoms with Crippen molar-refractivity contribution in [1.82, 2.24) is 0 Å². The smallest absolute Gasteiger partial charge is 0.257 e. The van der Waals surface area contributed by atoms with Crippen molar-refractivity contribution in [1.29, 1.82) is 0 Å². The zero-order chi connectivity index (χ0) is 23.1. The van der Waals surface area contributed by atoms with Crippen molar-refractivity contribution in [2.24, 2.45) is 0 Å². The molecule has 0 spiro atoms. The summed E-state index contributed by atoms with van der Waals surface area (Å²) in [5, 5.41) is 14.6. The van der Waals surface area contributed by atoms with Crippen LogP contribution in [0.5, 0.6) is 17.2 Å². The van der Waals surface area contributed by atoms with Crippen LogP contribution in [-0.2, 0) is 0 Å². The van der Waals surface area contributed by atoms with Crippen molar-refractivity contribution in [2.45, 2.75) is 0 Å². The number of ether oxygens (including phenoxy) is 3. The molecule has 1 N–H and O–H groups in total. The van der Waals surface area contributed by atoms with Crippen LogP contribution in [0, 0.1) is 0 Å². The lowest BCUT2D eigenvalue weighted by molar-refractivity contribution is -0.254. The van der Waals surface area contributed by atoms with Crippen LogP contribution >= 0.6 is 23.2 Å². The number of hydrogen-bond donors (Lipinski definition) is 1. The molecule has 1 amide bonds. The molecule has 0 fully saturated rings. The number of hydrogen-bond acceptors (Lipinski definition) is 6.